The summed E-state index contributed by atoms with van der Waals surface area (Å²) < 4.78 is 10.9. The Morgan fingerprint density at radius 1 is 0.881 bits per heavy atom. The van der Waals surface area contributed by atoms with Gasteiger partial charge in [-0.1, -0.05) is 71.9 Å². The normalized spacial score (nSPS) is 14.7. The van der Waals surface area contributed by atoms with Gasteiger partial charge in [0.2, 0.25) is 6.79 Å². The number of carbonyl (C=O) groups is 1. The fourth-order valence-corrected chi connectivity index (χ4v) is 6.10. The van der Waals surface area contributed by atoms with Crippen molar-refractivity contribution in [2.24, 2.45) is 0 Å². The summed E-state index contributed by atoms with van der Waals surface area (Å²) in [6, 6.07) is 25.9. The standard InChI is InChI=1S/C32H32ClN5O3S/c1-36(19-23-5-3-2-4-6-23)30-18-29(33)34-32(35-30)42-21-24-7-10-26(11-8-24)31(39)38-15-13-37(14-16-38)20-25-9-12-27-28(17-25)41-22-40-27/h2-12,17-18H,13-16,19-22H2,1H3. The minimum atomic E-state index is 0.0706. The number of nitrogens with zero attached hydrogens (tertiary/aromatic N) is 5. The number of rotatable bonds is 9. The Hall–Kier alpha value is -3.79. The Morgan fingerprint density at radius 2 is 1.62 bits per heavy atom. The van der Waals surface area contributed by atoms with Crippen LogP contribution in [-0.2, 0) is 18.8 Å². The molecule has 2 aliphatic rings. The van der Waals surface area contributed by atoms with Gasteiger partial charge in [0.25, 0.3) is 5.91 Å². The number of ether oxygens (including phenoxy) is 2. The number of aromatic nitrogens is 2. The van der Waals surface area contributed by atoms with Crippen LogP contribution in [0.25, 0.3) is 0 Å². The van der Waals surface area contributed by atoms with Crippen molar-refractivity contribution in [3.05, 3.63) is 106 Å². The van der Waals surface area contributed by atoms with Gasteiger partial charge in [-0.3, -0.25) is 9.69 Å². The monoisotopic (exact) mass is 601 g/mol. The van der Waals surface area contributed by atoms with Crippen LogP contribution in [0, 0.1) is 0 Å². The molecule has 3 heterocycles. The fourth-order valence-electron chi connectivity index (χ4n) is 5.06. The van der Waals surface area contributed by atoms with Crippen molar-refractivity contribution in [1.82, 2.24) is 19.8 Å². The summed E-state index contributed by atoms with van der Waals surface area (Å²) in [4.78, 5) is 28.7. The Kier molecular flexibility index (Phi) is 8.79. The van der Waals surface area contributed by atoms with Gasteiger partial charge >= 0.3 is 0 Å². The zero-order chi connectivity index (χ0) is 28.9. The van der Waals surface area contributed by atoms with Gasteiger partial charge in [0, 0.05) is 63.7 Å². The number of halogens is 1. The molecule has 2 aliphatic heterocycles. The summed E-state index contributed by atoms with van der Waals surface area (Å²) in [5, 5.41) is 1.04. The quantitative estimate of drug-likeness (QED) is 0.137. The first-order chi connectivity index (χ1) is 20.5. The van der Waals surface area contributed by atoms with E-state index in [-0.39, 0.29) is 12.7 Å². The van der Waals surface area contributed by atoms with E-state index in [4.69, 9.17) is 26.1 Å². The van der Waals surface area contributed by atoms with Gasteiger partial charge in [-0.05, 0) is 41.0 Å². The molecule has 6 rings (SSSR count). The fraction of sp³-hybridized carbons (Fsp3) is 0.281. The number of anilines is 1. The summed E-state index contributed by atoms with van der Waals surface area (Å²) in [6.45, 7) is 4.90. The molecule has 0 N–H and O–H groups in total. The van der Waals surface area contributed by atoms with Gasteiger partial charge in [0.15, 0.2) is 16.7 Å². The SMILES string of the molecule is CN(Cc1ccccc1)c1cc(Cl)nc(SCc2ccc(C(=O)N3CCN(Cc4ccc5c(c4)OCO5)CC3)cc2)n1. The topological polar surface area (TPSA) is 71.0 Å². The van der Waals surface area contributed by atoms with Crippen LogP contribution in [0.1, 0.15) is 27.0 Å². The average molecular weight is 602 g/mol. The van der Waals surface area contributed by atoms with Gasteiger partial charge < -0.3 is 19.3 Å². The van der Waals surface area contributed by atoms with E-state index in [1.54, 1.807) is 6.07 Å². The predicted octanol–water partition coefficient (Wildman–Crippen LogP) is 5.75. The molecule has 1 aromatic heterocycles. The molecule has 0 radical (unpaired) electrons. The van der Waals surface area contributed by atoms with E-state index in [2.05, 4.69) is 33.0 Å². The lowest BCUT2D eigenvalue weighted by Crippen LogP contribution is -2.48. The van der Waals surface area contributed by atoms with Crippen molar-refractivity contribution in [3.63, 3.8) is 0 Å². The minimum Gasteiger partial charge on any atom is -0.454 e. The van der Waals surface area contributed by atoms with E-state index < -0.39 is 0 Å². The molecule has 0 saturated carbocycles. The smallest absolute Gasteiger partial charge is 0.253 e. The third-order valence-corrected chi connectivity index (χ3v) is 8.50. The van der Waals surface area contributed by atoms with Gasteiger partial charge in [0.1, 0.15) is 11.0 Å². The molecule has 0 unspecified atom stereocenters. The number of carbonyl (C=O) groups excluding carboxylic acids is 1. The molecule has 42 heavy (non-hydrogen) atoms. The van der Waals surface area contributed by atoms with Gasteiger partial charge in [-0.25, -0.2) is 9.97 Å². The molecule has 0 aliphatic carbocycles. The molecule has 0 spiro atoms. The molecule has 8 nitrogen and oxygen atoms in total. The lowest BCUT2D eigenvalue weighted by atomic mass is 10.1. The summed E-state index contributed by atoms with van der Waals surface area (Å²) in [5.74, 6) is 3.13. The zero-order valence-electron chi connectivity index (χ0n) is 23.4. The van der Waals surface area contributed by atoms with Crippen molar-refractivity contribution < 1.29 is 14.3 Å². The maximum absolute atomic E-state index is 13.2. The summed E-state index contributed by atoms with van der Waals surface area (Å²) in [5.41, 5.74) is 4.18. The van der Waals surface area contributed by atoms with Crippen LogP contribution in [0.5, 0.6) is 11.5 Å². The number of thioether (sulfide) groups is 1. The Morgan fingerprint density at radius 3 is 2.40 bits per heavy atom. The van der Waals surface area contributed by atoms with E-state index in [9.17, 15) is 4.79 Å². The number of benzene rings is 3. The first-order valence-electron chi connectivity index (χ1n) is 13.9. The molecular formula is C32H32ClN5O3S. The van der Waals surface area contributed by atoms with Crippen LogP contribution in [0.4, 0.5) is 5.82 Å². The average Bonchev–Trinajstić information content (AvgIpc) is 3.49. The summed E-state index contributed by atoms with van der Waals surface area (Å²) in [6.07, 6.45) is 0. The van der Waals surface area contributed by atoms with Crippen LogP contribution < -0.4 is 14.4 Å². The van der Waals surface area contributed by atoms with Crippen molar-refractivity contribution in [3.8, 4) is 11.5 Å². The number of hydrogen-bond donors (Lipinski definition) is 0. The van der Waals surface area contributed by atoms with E-state index >= 15 is 0 Å². The highest BCUT2D eigenvalue weighted by molar-refractivity contribution is 7.98. The molecule has 1 saturated heterocycles. The van der Waals surface area contributed by atoms with Gasteiger partial charge in [-0.15, -0.1) is 0 Å². The van der Waals surface area contributed by atoms with Crippen molar-refractivity contribution >= 4 is 35.1 Å². The van der Waals surface area contributed by atoms with Crippen molar-refractivity contribution in [2.45, 2.75) is 24.0 Å². The van der Waals surface area contributed by atoms with Crippen LogP contribution in [-0.4, -0.2) is 65.7 Å². The number of fused-ring (bicyclic) bond motifs is 1. The van der Waals surface area contributed by atoms with E-state index in [0.29, 0.717) is 34.7 Å². The highest BCUT2D eigenvalue weighted by Gasteiger charge is 2.23. The second-order valence-corrected chi connectivity index (χ2v) is 11.7. The molecule has 0 bridgehead atoms. The Bertz CT molecular complexity index is 1530. The van der Waals surface area contributed by atoms with Crippen molar-refractivity contribution in [2.75, 3.05) is 44.9 Å². The summed E-state index contributed by atoms with van der Waals surface area (Å²) >= 11 is 7.86. The highest BCUT2D eigenvalue weighted by Crippen LogP contribution is 2.33. The molecule has 10 heteroatoms. The van der Waals surface area contributed by atoms with Crippen molar-refractivity contribution in [1.29, 1.82) is 0 Å². The molecule has 0 atom stereocenters. The summed E-state index contributed by atoms with van der Waals surface area (Å²) in [7, 11) is 2.00. The third-order valence-electron chi connectivity index (χ3n) is 7.39. The van der Waals surface area contributed by atoms with Gasteiger partial charge in [0.05, 0.1) is 0 Å². The van der Waals surface area contributed by atoms with Crippen LogP contribution in [0.15, 0.2) is 84.0 Å². The molecule has 216 valence electrons. The predicted molar refractivity (Wildman–Crippen MR) is 165 cm³/mol. The number of amides is 1. The number of hydrogen-bond acceptors (Lipinski definition) is 8. The molecule has 1 amide bonds. The van der Waals surface area contributed by atoms with E-state index in [1.807, 2.05) is 66.5 Å². The molecule has 4 aromatic rings. The largest absolute Gasteiger partial charge is 0.454 e. The van der Waals surface area contributed by atoms with Crippen LogP contribution in [0.2, 0.25) is 5.15 Å². The van der Waals surface area contributed by atoms with Crippen LogP contribution in [0.3, 0.4) is 0 Å². The second-order valence-electron chi connectivity index (χ2n) is 10.4. The lowest BCUT2D eigenvalue weighted by Gasteiger charge is -2.34. The maximum atomic E-state index is 13.2. The number of piperazine rings is 1. The Balaban J connectivity index is 0.995. The molecular weight excluding hydrogens is 570 g/mol. The molecule has 3 aromatic carbocycles. The maximum Gasteiger partial charge on any atom is 0.253 e. The van der Waals surface area contributed by atoms with Gasteiger partial charge in [-0.2, -0.15) is 0 Å². The first-order valence-corrected chi connectivity index (χ1v) is 15.3. The Labute approximate surface area is 255 Å². The second kappa shape index (κ2) is 13.0. The highest BCUT2D eigenvalue weighted by atomic mass is 35.5. The lowest BCUT2D eigenvalue weighted by molar-refractivity contribution is 0.0628. The van der Waals surface area contributed by atoms with Crippen LogP contribution >= 0.6 is 23.4 Å². The first kappa shape index (κ1) is 28.3. The van der Waals surface area contributed by atoms with E-state index in [1.165, 1.54) is 22.9 Å². The van der Waals surface area contributed by atoms with E-state index in [0.717, 1.165) is 49.1 Å². The third kappa shape index (κ3) is 6.98. The minimum absolute atomic E-state index is 0.0706. The molecule has 1 fully saturated rings. The zero-order valence-corrected chi connectivity index (χ0v) is 25.0.